The number of benzene rings is 1. The van der Waals surface area contributed by atoms with Gasteiger partial charge in [-0.05, 0) is 30.5 Å². The number of aryl methyl sites for hydroxylation is 2. The first-order valence-electron chi connectivity index (χ1n) is 4.91. The highest BCUT2D eigenvalue weighted by Gasteiger charge is 2.07. The molecule has 0 unspecified atom stereocenters. The van der Waals surface area contributed by atoms with E-state index in [2.05, 4.69) is 22.9 Å². The summed E-state index contributed by atoms with van der Waals surface area (Å²) in [5.41, 5.74) is 2.99. The molecule has 0 aliphatic rings. The summed E-state index contributed by atoms with van der Waals surface area (Å²) in [6.45, 7) is 2.06. The molecular formula is C12H14N2O. The third-order valence-corrected chi connectivity index (χ3v) is 2.77. The third kappa shape index (κ3) is 1.50. The Balaban J connectivity index is 2.64. The Hall–Kier alpha value is -1.77. The molecule has 0 radical (unpaired) electrons. The molecule has 0 saturated carbocycles. The van der Waals surface area contributed by atoms with Crippen LogP contribution >= 0.6 is 0 Å². The molecule has 1 aromatic heterocycles. The number of hydrogen-bond acceptors (Lipinski definition) is 1. The Morgan fingerprint density at radius 2 is 2.07 bits per heavy atom. The number of carbonyl (C=O) groups excluding carboxylic acids is 1. The molecular weight excluding hydrogens is 188 g/mol. The van der Waals surface area contributed by atoms with Crippen molar-refractivity contribution in [1.82, 2.24) is 9.88 Å². The summed E-state index contributed by atoms with van der Waals surface area (Å²) in [5, 5.41) is 3.79. The highest BCUT2D eigenvalue weighted by atomic mass is 16.1. The quantitative estimate of drug-likeness (QED) is 0.752. The Morgan fingerprint density at radius 3 is 2.73 bits per heavy atom. The molecule has 0 spiro atoms. The zero-order valence-electron chi connectivity index (χ0n) is 9.16. The minimum Gasteiger partial charge on any atom is -0.355 e. The maximum absolute atomic E-state index is 11.5. The van der Waals surface area contributed by atoms with E-state index in [9.17, 15) is 4.79 Å². The van der Waals surface area contributed by atoms with E-state index in [1.165, 1.54) is 11.1 Å². The van der Waals surface area contributed by atoms with E-state index in [0.29, 0.717) is 5.56 Å². The molecule has 0 atom stereocenters. The van der Waals surface area contributed by atoms with Crippen LogP contribution in [0.3, 0.4) is 0 Å². The van der Waals surface area contributed by atoms with E-state index in [1.54, 1.807) is 7.05 Å². The maximum Gasteiger partial charge on any atom is 0.251 e. The van der Waals surface area contributed by atoms with E-state index in [4.69, 9.17) is 0 Å². The molecule has 2 aromatic rings. The predicted octanol–water partition coefficient (Wildman–Crippen LogP) is 1.85. The summed E-state index contributed by atoms with van der Waals surface area (Å²) in [4.78, 5) is 11.5. The lowest BCUT2D eigenvalue weighted by molar-refractivity contribution is 0.0963. The number of fused-ring (bicyclic) bond motifs is 1. The number of nitrogens with zero attached hydrogens (tertiary/aromatic N) is 1. The molecule has 0 fully saturated rings. The van der Waals surface area contributed by atoms with Gasteiger partial charge in [0.25, 0.3) is 5.91 Å². The average Bonchev–Trinajstić information content (AvgIpc) is 2.54. The molecule has 0 aliphatic heterocycles. The van der Waals surface area contributed by atoms with Gasteiger partial charge in [0.1, 0.15) is 0 Å². The van der Waals surface area contributed by atoms with Crippen molar-refractivity contribution >= 4 is 16.8 Å². The molecule has 3 heteroatoms. The average molecular weight is 202 g/mol. The van der Waals surface area contributed by atoms with Crippen molar-refractivity contribution in [2.45, 2.75) is 6.92 Å². The van der Waals surface area contributed by atoms with Crippen molar-refractivity contribution in [3.8, 4) is 0 Å². The van der Waals surface area contributed by atoms with Gasteiger partial charge in [0.2, 0.25) is 0 Å². The van der Waals surface area contributed by atoms with Gasteiger partial charge in [0, 0.05) is 30.9 Å². The first-order chi connectivity index (χ1) is 7.13. The van der Waals surface area contributed by atoms with Gasteiger partial charge in [-0.1, -0.05) is 6.07 Å². The molecule has 1 heterocycles. The first-order valence-corrected chi connectivity index (χ1v) is 4.91. The zero-order chi connectivity index (χ0) is 11.0. The van der Waals surface area contributed by atoms with Crippen molar-refractivity contribution < 1.29 is 4.79 Å². The fraction of sp³-hybridized carbons (Fsp3) is 0.250. The van der Waals surface area contributed by atoms with Gasteiger partial charge in [-0.25, -0.2) is 0 Å². The summed E-state index contributed by atoms with van der Waals surface area (Å²) in [7, 11) is 3.65. The number of nitrogens with one attached hydrogen (secondary N) is 1. The van der Waals surface area contributed by atoms with E-state index < -0.39 is 0 Å². The van der Waals surface area contributed by atoms with E-state index in [0.717, 1.165) is 5.52 Å². The molecule has 1 aromatic carbocycles. The second-order valence-electron chi connectivity index (χ2n) is 3.70. The first kappa shape index (κ1) is 9.77. The van der Waals surface area contributed by atoms with Crippen LogP contribution in [-0.2, 0) is 7.05 Å². The summed E-state index contributed by atoms with van der Waals surface area (Å²) in [6, 6.07) is 7.86. The lowest BCUT2D eigenvalue weighted by atomic mass is 10.1. The predicted molar refractivity (Wildman–Crippen MR) is 61.0 cm³/mol. The minimum atomic E-state index is -0.0456. The second-order valence-corrected chi connectivity index (χ2v) is 3.70. The maximum atomic E-state index is 11.5. The topological polar surface area (TPSA) is 34.0 Å². The van der Waals surface area contributed by atoms with Gasteiger partial charge in [-0.2, -0.15) is 0 Å². The number of aromatic nitrogens is 1. The van der Waals surface area contributed by atoms with Crippen LogP contribution in [0.1, 0.15) is 16.1 Å². The van der Waals surface area contributed by atoms with Crippen LogP contribution in [0.5, 0.6) is 0 Å². The van der Waals surface area contributed by atoms with Gasteiger partial charge in [-0.3, -0.25) is 4.79 Å². The molecule has 78 valence electrons. The van der Waals surface area contributed by atoms with Gasteiger partial charge in [0.15, 0.2) is 0 Å². The molecule has 2 rings (SSSR count). The molecule has 3 nitrogen and oxygen atoms in total. The lowest BCUT2D eigenvalue weighted by Gasteiger charge is -2.02. The van der Waals surface area contributed by atoms with Gasteiger partial charge in [-0.15, -0.1) is 0 Å². The Labute approximate surface area is 88.7 Å². The summed E-state index contributed by atoms with van der Waals surface area (Å²) in [6.07, 6.45) is 0. The fourth-order valence-electron chi connectivity index (χ4n) is 1.75. The van der Waals surface area contributed by atoms with Crippen molar-refractivity contribution in [3.05, 3.63) is 35.5 Å². The van der Waals surface area contributed by atoms with Crippen LogP contribution in [0.4, 0.5) is 0 Å². The van der Waals surface area contributed by atoms with Gasteiger partial charge >= 0.3 is 0 Å². The van der Waals surface area contributed by atoms with E-state index in [1.807, 2.05) is 25.2 Å². The van der Waals surface area contributed by atoms with E-state index in [-0.39, 0.29) is 5.91 Å². The summed E-state index contributed by atoms with van der Waals surface area (Å²) < 4.78 is 2.09. The molecule has 1 N–H and O–H groups in total. The Morgan fingerprint density at radius 1 is 1.33 bits per heavy atom. The third-order valence-electron chi connectivity index (χ3n) is 2.77. The highest BCUT2D eigenvalue weighted by molar-refractivity contribution is 5.98. The molecule has 0 saturated heterocycles. The fourth-order valence-corrected chi connectivity index (χ4v) is 1.75. The molecule has 0 aliphatic carbocycles. The smallest absolute Gasteiger partial charge is 0.251 e. The Bertz CT molecular complexity index is 526. The Kier molecular flexibility index (Phi) is 2.23. The largest absolute Gasteiger partial charge is 0.355 e. The summed E-state index contributed by atoms with van der Waals surface area (Å²) >= 11 is 0. The number of carbonyl (C=O) groups is 1. The molecule has 15 heavy (non-hydrogen) atoms. The van der Waals surface area contributed by atoms with Gasteiger partial charge in [0.05, 0.1) is 0 Å². The van der Waals surface area contributed by atoms with Crippen LogP contribution in [0.15, 0.2) is 24.3 Å². The standard InChI is InChI=1S/C12H14N2O/c1-8-6-9-4-5-10(12(15)13-2)7-11(9)14(8)3/h4-7H,1-3H3,(H,13,15). The SMILES string of the molecule is CNC(=O)c1ccc2cc(C)n(C)c2c1. The van der Waals surface area contributed by atoms with Crippen LogP contribution in [-0.4, -0.2) is 17.5 Å². The normalized spacial score (nSPS) is 10.6. The number of hydrogen-bond donors (Lipinski definition) is 1. The second kappa shape index (κ2) is 3.42. The minimum absolute atomic E-state index is 0.0456. The van der Waals surface area contributed by atoms with Crippen molar-refractivity contribution in [1.29, 1.82) is 0 Å². The monoisotopic (exact) mass is 202 g/mol. The number of amides is 1. The lowest BCUT2D eigenvalue weighted by Crippen LogP contribution is -2.17. The van der Waals surface area contributed by atoms with Crippen molar-refractivity contribution in [3.63, 3.8) is 0 Å². The summed E-state index contributed by atoms with van der Waals surface area (Å²) in [5.74, 6) is -0.0456. The van der Waals surface area contributed by atoms with Crippen molar-refractivity contribution in [2.24, 2.45) is 7.05 Å². The zero-order valence-corrected chi connectivity index (χ0v) is 9.16. The molecule has 0 bridgehead atoms. The van der Waals surface area contributed by atoms with Gasteiger partial charge < -0.3 is 9.88 Å². The number of rotatable bonds is 1. The highest BCUT2D eigenvalue weighted by Crippen LogP contribution is 2.19. The van der Waals surface area contributed by atoms with Crippen molar-refractivity contribution in [2.75, 3.05) is 7.05 Å². The van der Waals surface area contributed by atoms with Crippen LogP contribution < -0.4 is 5.32 Å². The van der Waals surface area contributed by atoms with Crippen LogP contribution in [0.25, 0.3) is 10.9 Å². The molecule has 1 amide bonds. The van der Waals surface area contributed by atoms with Crippen LogP contribution in [0, 0.1) is 6.92 Å². The van der Waals surface area contributed by atoms with Crippen LogP contribution in [0.2, 0.25) is 0 Å². The van der Waals surface area contributed by atoms with E-state index >= 15 is 0 Å².